The number of nitrogens with zero attached hydrogens (tertiary/aromatic N) is 2. The number of rotatable bonds is 6. The Kier molecular flexibility index (Phi) is 4.68. The zero-order valence-corrected chi connectivity index (χ0v) is 11.9. The molecule has 2 heterocycles. The second-order valence-electron chi connectivity index (χ2n) is 4.54. The van der Waals surface area contributed by atoms with Crippen molar-refractivity contribution in [1.82, 2.24) is 15.5 Å². The van der Waals surface area contributed by atoms with Gasteiger partial charge in [0.25, 0.3) is 0 Å². The fourth-order valence-electron chi connectivity index (χ4n) is 1.53. The van der Waals surface area contributed by atoms with Gasteiger partial charge in [0.2, 0.25) is 17.7 Å². The van der Waals surface area contributed by atoms with Gasteiger partial charge in [-0.25, -0.2) is 0 Å². The quantitative estimate of drug-likeness (QED) is 0.882. The van der Waals surface area contributed by atoms with E-state index in [1.165, 1.54) is 4.88 Å². The first-order valence-corrected chi connectivity index (χ1v) is 7.14. The molecule has 6 heteroatoms. The van der Waals surface area contributed by atoms with Gasteiger partial charge in [-0.15, -0.1) is 21.5 Å². The molecule has 19 heavy (non-hydrogen) atoms. The Balaban J connectivity index is 1.73. The largest absolute Gasteiger partial charge is 0.423 e. The molecule has 0 aromatic carbocycles. The van der Waals surface area contributed by atoms with Crippen LogP contribution in [-0.4, -0.2) is 16.1 Å². The van der Waals surface area contributed by atoms with E-state index in [4.69, 9.17) is 4.42 Å². The molecule has 0 aliphatic heterocycles. The molecule has 2 rings (SSSR count). The number of thiophene rings is 1. The highest BCUT2D eigenvalue weighted by Crippen LogP contribution is 2.12. The molecule has 0 saturated heterocycles. The van der Waals surface area contributed by atoms with Crippen molar-refractivity contribution in [1.29, 1.82) is 0 Å². The van der Waals surface area contributed by atoms with Crippen LogP contribution in [0.1, 0.15) is 42.8 Å². The van der Waals surface area contributed by atoms with Gasteiger partial charge < -0.3 is 9.73 Å². The summed E-state index contributed by atoms with van der Waals surface area (Å²) in [7, 11) is 0. The van der Waals surface area contributed by atoms with E-state index in [1.54, 1.807) is 11.3 Å². The van der Waals surface area contributed by atoms with Crippen LogP contribution in [0.5, 0.6) is 0 Å². The molecular formula is C13H17N3O2S. The van der Waals surface area contributed by atoms with Gasteiger partial charge in [0.15, 0.2) is 0 Å². The van der Waals surface area contributed by atoms with E-state index < -0.39 is 0 Å². The maximum Gasteiger partial charge on any atom is 0.235 e. The third-order valence-electron chi connectivity index (χ3n) is 2.59. The molecule has 0 unspecified atom stereocenters. The van der Waals surface area contributed by atoms with Crippen molar-refractivity contribution in [2.45, 2.75) is 39.2 Å². The van der Waals surface area contributed by atoms with Gasteiger partial charge in [0.1, 0.15) is 0 Å². The lowest BCUT2D eigenvalue weighted by Gasteiger charge is -2.01. The van der Waals surface area contributed by atoms with Crippen molar-refractivity contribution < 1.29 is 9.21 Å². The third-order valence-corrected chi connectivity index (χ3v) is 3.53. The number of carbonyl (C=O) groups is 1. The van der Waals surface area contributed by atoms with E-state index in [0.29, 0.717) is 24.7 Å². The number of aromatic nitrogens is 2. The first-order valence-electron chi connectivity index (χ1n) is 6.26. The Labute approximate surface area is 116 Å². The summed E-state index contributed by atoms with van der Waals surface area (Å²) in [5.41, 5.74) is 0. The molecule has 0 aliphatic carbocycles. The van der Waals surface area contributed by atoms with Crippen molar-refractivity contribution in [3.63, 3.8) is 0 Å². The summed E-state index contributed by atoms with van der Waals surface area (Å²) < 4.78 is 5.41. The lowest BCUT2D eigenvalue weighted by atomic mass is 10.2. The third kappa shape index (κ3) is 4.17. The average Bonchev–Trinajstić information content (AvgIpc) is 3.05. The van der Waals surface area contributed by atoms with Crippen molar-refractivity contribution in [2.24, 2.45) is 0 Å². The van der Waals surface area contributed by atoms with Crippen LogP contribution in [0.15, 0.2) is 21.9 Å². The van der Waals surface area contributed by atoms with Crippen molar-refractivity contribution >= 4 is 17.2 Å². The Hall–Kier alpha value is -1.69. The standard InChI is InChI=1S/C13H17N3O2S/c1-9(2)13-16-15-12(18-13)8-14-11(17)6-5-10-4-3-7-19-10/h3-4,7,9H,5-6,8H2,1-2H3,(H,14,17). The monoisotopic (exact) mass is 279 g/mol. The fourth-order valence-corrected chi connectivity index (χ4v) is 2.23. The van der Waals surface area contributed by atoms with Crippen LogP contribution in [0.2, 0.25) is 0 Å². The minimum Gasteiger partial charge on any atom is -0.423 e. The van der Waals surface area contributed by atoms with Crippen molar-refractivity contribution in [3.05, 3.63) is 34.2 Å². The number of hydrogen-bond acceptors (Lipinski definition) is 5. The van der Waals surface area contributed by atoms with Gasteiger partial charge in [-0.2, -0.15) is 0 Å². The normalized spacial score (nSPS) is 10.9. The molecule has 102 valence electrons. The second kappa shape index (κ2) is 6.47. The van der Waals surface area contributed by atoms with E-state index in [9.17, 15) is 4.79 Å². The van der Waals surface area contributed by atoms with Gasteiger partial charge in [0, 0.05) is 17.2 Å². The Morgan fingerprint density at radius 3 is 2.95 bits per heavy atom. The van der Waals surface area contributed by atoms with Gasteiger partial charge >= 0.3 is 0 Å². The Bertz CT molecular complexity index is 520. The summed E-state index contributed by atoms with van der Waals surface area (Å²) >= 11 is 1.67. The van der Waals surface area contributed by atoms with Gasteiger partial charge in [-0.05, 0) is 17.9 Å². The molecule has 0 bridgehead atoms. The summed E-state index contributed by atoms with van der Waals surface area (Å²) in [6, 6.07) is 4.02. The highest BCUT2D eigenvalue weighted by Gasteiger charge is 2.10. The topological polar surface area (TPSA) is 68.0 Å². The average molecular weight is 279 g/mol. The number of aryl methyl sites for hydroxylation is 1. The minimum atomic E-state index is -0.00213. The molecule has 0 spiro atoms. The first-order chi connectivity index (χ1) is 9.15. The van der Waals surface area contributed by atoms with Crippen molar-refractivity contribution in [2.75, 3.05) is 0 Å². The predicted octanol–water partition coefficient (Wildman–Crippen LogP) is 2.50. The van der Waals surface area contributed by atoms with Crippen LogP contribution in [-0.2, 0) is 17.8 Å². The van der Waals surface area contributed by atoms with E-state index in [-0.39, 0.29) is 11.8 Å². The maximum atomic E-state index is 11.7. The maximum absolute atomic E-state index is 11.7. The number of amides is 1. The molecule has 0 fully saturated rings. The van der Waals surface area contributed by atoms with Crippen LogP contribution in [0.25, 0.3) is 0 Å². The number of hydrogen-bond donors (Lipinski definition) is 1. The highest BCUT2D eigenvalue weighted by molar-refractivity contribution is 7.09. The van der Waals surface area contributed by atoms with Crippen LogP contribution in [0.4, 0.5) is 0 Å². The lowest BCUT2D eigenvalue weighted by Crippen LogP contribution is -2.23. The molecule has 0 radical (unpaired) electrons. The first kappa shape index (κ1) is 13.7. The summed E-state index contributed by atoms with van der Waals surface area (Å²) in [5, 5.41) is 12.6. The minimum absolute atomic E-state index is 0.00213. The smallest absolute Gasteiger partial charge is 0.235 e. The molecule has 0 atom stereocenters. The van der Waals surface area contributed by atoms with E-state index in [1.807, 2.05) is 31.4 Å². The molecule has 0 aliphatic rings. The molecule has 2 aromatic heterocycles. The van der Waals surface area contributed by atoms with E-state index in [2.05, 4.69) is 15.5 Å². The van der Waals surface area contributed by atoms with E-state index in [0.717, 1.165) is 6.42 Å². The van der Waals surface area contributed by atoms with Crippen LogP contribution in [0.3, 0.4) is 0 Å². The number of nitrogens with one attached hydrogen (secondary N) is 1. The van der Waals surface area contributed by atoms with Crippen LogP contribution < -0.4 is 5.32 Å². The SMILES string of the molecule is CC(C)c1nnc(CNC(=O)CCc2cccs2)o1. The molecular weight excluding hydrogens is 262 g/mol. The summed E-state index contributed by atoms with van der Waals surface area (Å²) in [6.07, 6.45) is 1.25. The van der Waals surface area contributed by atoms with Crippen LogP contribution >= 0.6 is 11.3 Å². The van der Waals surface area contributed by atoms with Crippen LogP contribution in [0, 0.1) is 0 Å². The lowest BCUT2D eigenvalue weighted by molar-refractivity contribution is -0.121. The Morgan fingerprint density at radius 2 is 2.32 bits per heavy atom. The summed E-state index contributed by atoms with van der Waals surface area (Å²) in [6.45, 7) is 4.26. The van der Waals surface area contributed by atoms with E-state index >= 15 is 0 Å². The summed E-state index contributed by atoms with van der Waals surface area (Å²) in [4.78, 5) is 12.9. The molecule has 5 nitrogen and oxygen atoms in total. The van der Waals surface area contributed by atoms with Gasteiger partial charge in [-0.1, -0.05) is 19.9 Å². The predicted molar refractivity (Wildman–Crippen MR) is 72.9 cm³/mol. The van der Waals surface area contributed by atoms with Gasteiger partial charge in [0.05, 0.1) is 6.54 Å². The fraction of sp³-hybridized carbons (Fsp3) is 0.462. The summed E-state index contributed by atoms with van der Waals surface area (Å²) in [5.74, 6) is 1.25. The highest BCUT2D eigenvalue weighted by atomic mass is 32.1. The van der Waals surface area contributed by atoms with Gasteiger partial charge in [-0.3, -0.25) is 4.79 Å². The second-order valence-corrected chi connectivity index (χ2v) is 5.58. The zero-order chi connectivity index (χ0) is 13.7. The Morgan fingerprint density at radius 1 is 1.47 bits per heavy atom. The molecule has 1 N–H and O–H groups in total. The number of carbonyl (C=O) groups excluding carboxylic acids is 1. The molecule has 0 saturated carbocycles. The molecule has 1 amide bonds. The van der Waals surface area contributed by atoms with Crippen molar-refractivity contribution in [3.8, 4) is 0 Å². The molecule has 2 aromatic rings. The zero-order valence-electron chi connectivity index (χ0n) is 11.0.